The third kappa shape index (κ3) is 5.18. The molecule has 0 heterocycles. The summed E-state index contributed by atoms with van der Waals surface area (Å²) in [6, 6.07) is 0. The molecule has 0 aromatic heterocycles. The second-order valence-corrected chi connectivity index (χ2v) is 5.89. The fourth-order valence-electron chi connectivity index (χ4n) is 1.23. The van der Waals surface area contributed by atoms with Gasteiger partial charge in [0.25, 0.3) is 0 Å². The van der Waals surface area contributed by atoms with Crippen LogP contribution in [0.15, 0.2) is 0 Å². The molecule has 0 spiro atoms. The van der Waals surface area contributed by atoms with Crippen LogP contribution in [0.1, 0.15) is 12.8 Å². The van der Waals surface area contributed by atoms with Gasteiger partial charge in [0, 0.05) is 12.8 Å². The highest BCUT2D eigenvalue weighted by molar-refractivity contribution is 7.99. The maximum atomic E-state index is 12.8. The van der Waals surface area contributed by atoms with E-state index >= 15 is 0 Å². The molecule has 0 aliphatic heterocycles. The Bertz CT molecular complexity index is 394. The molecule has 0 aliphatic rings. The Morgan fingerprint density at radius 1 is 0.440 bits per heavy atom. The molecule has 0 amide bonds. The number of alkyl halides is 14. The van der Waals surface area contributed by atoms with Crippen LogP contribution in [0.4, 0.5) is 61.5 Å². The van der Waals surface area contributed by atoms with Crippen molar-refractivity contribution in [1.82, 2.24) is 0 Å². The van der Waals surface area contributed by atoms with Crippen molar-refractivity contribution in [3.05, 3.63) is 0 Å². The van der Waals surface area contributed by atoms with Crippen molar-refractivity contribution >= 4 is 11.8 Å². The van der Waals surface area contributed by atoms with Gasteiger partial charge in [0.1, 0.15) is 0 Å². The molecule has 0 N–H and O–H groups in total. The number of halogens is 14. The van der Waals surface area contributed by atoms with Crippen molar-refractivity contribution in [2.24, 2.45) is 0 Å². The van der Waals surface area contributed by atoms with Crippen LogP contribution >= 0.6 is 11.8 Å². The van der Waals surface area contributed by atoms with Crippen LogP contribution in [0.5, 0.6) is 0 Å². The summed E-state index contributed by atoms with van der Waals surface area (Å²) in [5.41, 5.74) is 0. The van der Waals surface area contributed by atoms with E-state index in [9.17, 15) is 61.5 Å². The molecule has 0 aromatic carbocycles. The molecule has 0 nitrogen and oxygen atoms in total. The third-order valence-corrected chi connectivity index (χ3v) is 3.74. The van der Waals surface area contributed by atoms with Gasteiger partial charge in [0.15, 0.2) is 0 Å². The second-order valence-electron chi connectivity index (χ2n) is 4.67. The van der Waals surface area contributed by atoms with Crippen molar-refractivity contribution in [2.75, 3.05) is 11.5 Å². The van der Waals surface area contributed by atoms with Crippen LogP contribution in [0, 0.1) is 0 Å². The topological polar surface area (TPSA) is 0 Å². The second kappa shape index (κ2) is 7.18. The van der Waals surface area contributed by atoms with E-state index in [4.69, 9.17) is 0 Å². The van der Waals surface area contributed by atoms with Crippen molar-refractivity contribution in [1.29, 1.82) is 0 Å². The van der Waals surface area contributed by atoms with Gasteiger partial charge in [0.05, 0.1) is 0 Å². The van der Waals surface area contributed by atoms with Gasteiger partial charge in [-0.15, -0.1) is 0 Å². The first-order valence-electron chi connectivity index (χ1n) is 5.93. The average molecular weight is 426 g/mol. The maximum Gasteiger partial charge on any atom is 0.459 e. The van der Waals surface area contributed by atoms with Crippen LogP contribution in [-0.2, 0) is 0 Å². The van der Waals surface area contributed by atoms with Crippen LogP contribution in [0.3, 0.4) is 0 Å². The predicted molar refractivity (Wildman–Crippen MR) is 58.5 cm³/mol. The maximum absolute atomic E-state index is 12.8. The summed E-state index contributed by atoms with van der Waals surface area (Å²) in [5.74, 6) is -26.7. The Morgan fingerprint density at radius 3 is 0.880 bits per heavy atom. The Kier molecular flexibility index (Phi) is 7.00. The van der Waals surface area contributed by atoms with Crippen LogP contribution < -0.4 is 0 Å². The minimum atomic E-state index is -6.59. The first kappa shape index (κ1) is 24.4. The summed E-state index contributed by atoms with van der Waals surface area (Å²) in [6.45, 7) is 0. The number of rotatable bonds is 8. The van der Waals surface area contributed by atoms with Gasteiger partial charge in [-0.25, -0.2) is 0 Å². The molecule has 15 heteroatoms. The molecule has 25 heavy (non-hydrogen) atoms. The quantitative estimate of drug-likeness (QED) is 0.331. The first-order valence-corrected chi connectivity index (χ1v) is 7.08. The highest BCUT2D eigenvalue weighted by Crippen LogP contribution is 2.49. The van der Waals surface area contributed by atoms with E-state index in [-0.39, 0.29) is 11.8 Å². The Hall–Kier alpha value is -0.630. The average Bonchev–Trinajstić information content (AvgIpc) is 2.34. The highest BCUT2D eigenvalue weighted by atomic mass is 32.2. The first-order chi connectivity index (χ1) is 10.7. The van der Waals surface area contributed by atoms with Crippen LogP contribution in [0.2, 0.25) is 0 Å². The van der Waals surface area contributed by atoms with Gasteiger partial charge in [-0.05, 0) is 11.5 Å². The van der Waals surface area contributed by atoms with E-state index in [2.05, 4.69) is 0 Å². The fourth-order valence-corrected chi connectivity index (χ4v) is 2.24. The zero-order chi connectivity index (χ0) is 20.5. The molecule has 152 valence electrons. The number of hydrogen-bond acceptors (Lipinski definition) is 1. The van der Waals surface area contributed by atoms with E-state index < -0.39 is 60.4 Å². The third-order valence-electron chi connectivity index (χ3n) is 2.75. The Balaban J connectivity index is 4.62. The number of thioether (sulfide) groups is 1. The minimum Gasteiger partial charge on any atom is -0.199 e. The van der Waals surface area contributed by atoms with Gasteiger partial charge in [-0.2, -0.15) is 73.2 Å². The van der Waals surface area contributed by atoms with Gasteiger partial charge in [0.2, 0.25) is 0 Å². The van der Waals surface area contributed by atoms with E-state index in [1.165, 1.54) is 0 Å². The van der Waals surface area contributed by atoms with Gasteiger partial charge < -0.3 is 0 Å². The largest absolute Gasteiger partial charge is 0.459 e. The normalized spacial score (nSPS) is 15.6. The van der Waals surface area contributed by atoms with Gasteiger partial charge >= 0.3 is 36.0 Å². The van der Waals surface area contributed by atoms with Crippen LogP contribution in [-0.4, -0.2) is 47.5 Å². The van der Waals surface area contributed by atoms with Gasteiger partial charge in [-0.3, -0.25) is 0 Å². The van der Waals surface area contributed by atoms with Crippen molar-refractivity contribution in [3.63, 3.8) is 0 Å². The summed E-state index contributed by atoms with van der Waals surface area (Å²) in [4.78, 5) is 0. The molecule has 0 radical (unpaired) electrons. The molecule has 0 unspecified atom stereocenters. The zero-order valence-electron chi connectivity index (χ0n) is 11.5. The lowest BCUT2D eigenvalue weighted by atomic mass is 10.1. The van der Waals surface area contributed by atoms with E-state index in [1.54, 1.807) is 0 Å². The number of hydrogen-bond donors (Lipinski definition) is 0. The summed E-state index contributed by atoms with van der Waals surface area (Å²) < 4.78 is 172. The molecule has 0 bridgehead atoms. The SMILES string of the molecule is FC(F)(F)C(F)(F)C(F)(F)CCSCCC(F)(F)C(F)(F)C(F)(F)F. The highest BCUT2D eigenvalue weighted by Gasteiger charge is 2.73. The summed E-state index contributed by atoms with van der Waals surface area (Å²) in [6.07, 6.45) is -17.5. The Morgan fingerprint density at radius 2 is 0.680 bits per heavy atom. The van der Waals surface area contributed by atoms with Gasteiger partial charge in [-0.1, -0.05) is 0 Å². The molecule has 0 rings (SSSR count). The van der Waals surface area contributed by atoms with E-state index in [0.717, 1.165) is 0 Å². The monoisotopic (exact) mass is 426 g/mol. The lowest BCUT2D eigenvalue weighted by Gasteiger charge is -2.29. The molecule has 0 fully saturated rings. The van der Waals surface area contributed by atoms with Crippen molar-refractivity contribution in [2.45, 2.75) is 48.9 Å². The standard InChI is InChI=1S/C10H8F14S/c11-5(12,7(15,16)9(19,20)21)1-3-25-4-2-6(13,14)8(17,18)10(22,23)24/h1-4H2. The smallest absolute Gasteiger partial charge is 0.199 e. The molecular formula is C10H8F14S. The molecule has 0 saturated carbocycles. The minimum absolute atomic E-state index is 0.201. The molecular weight excluding hydrogens is 418 g/mol. The summed E-state index contributed by atoms with van der Waals surface area (Å²) in [7, 11) is 0. The van der Waals surface area contributed by atoms with Crippen molar-refractivity contribution < 1.29 is 61.5 Å². The molecule has 0 aromatic rings. The van der Waals surface area contributed by atoms with E-state index in [1.807, 2.05) is 0 Å². The predicted octanol–water partition coefficient (Wildman–Crippen LogP) is 6.17. The lowest BCUT2D eigenvalue weighted by Crippen LogP contribution is -2.52. The van der Waals surface area contributed by atoms with E-state index in [0.29, 0.717) is 0 Å². The van der Waals surface area contributed by atoms with Crippen molar-refractivity contribution in [3.8, 4) is 0 Å². The molecule has 0 aliphatic carbocycles. The Labute approximate surface area is 134 Å². The zero-order valence-corrected chi connectivity index (χ0v) is 12.3. The summed E-state index contributed by atoms with van der Waals surface area (Å²) in [5, 5.41) is 0. The fraction of sp³-hybridized carbons (Fsp3) is 1.00. The lowest BCUT2D eigenvalue weighted by molar-refractivity contribution is -0.354. The molecule has 0 saturated heterocycles. The summed E-state index contributed by atoms with van der Waals surface area (Å²) >= 11 is -0.201. The molecule has 0 atom stereocenters. The van der Waals surface area contributed by atoms with Crippen LogP contribution in [0.25, 0.3) is 0 Å².